The third kappa shape index (κ3) is 4.00. The van der Waals surface area contributed by atoms with Crippen molar-refractivity contribution < 1.29 is 14.3 Å². The molecule has 0 aliphatic carbocycles. The fourth-order valence-corrected chi connectivity index (χ4v) is 3.25. The van der Waals surface area contributed by atoms with Gasteiger partial charge in [-0.15, -0.1) is 0 Å². The molecule has 0 saturated heterocycles. The number of Topliss-reactive ketones (excluding diaryl/α,β-unsaturated/α-hetero) is 1. The molecular weight excluding hydrogens is 424 g/mol. The molecule has 3 rings (SSSR count). The van der Waals surface area contributed by atoms with E-state index in [9.17, 15) is 18.8 Å². The molecule has 2 aromatic heterocycles. The number of ketones is 1. The number of hydrogen-bond acceptors (Lipinski definition) is 5. The zero-order chi connectivity index (χ0) is 21.3. The molecule has 1 aromatic carbocycles. The highest BCUT2D eigenvalue weighted by molar-refractivity contribution is 6.31. The smallest absolute Gasteiger partial charge is 0.336 e. The first-order chi connectivity index (χ1) is 13.7. The third-order valence-corrected chi connectivity index (χ3v) is 4.77. The molecule has 0 aliphatic rings. The summed E-state index contributed by atoms with van der Waals surface area (Å²) in [6, 6.07) is 5.06. The fourth-order valence-electron chi connectivity index (χ4n) is 2.90. The standard InChI is InChI=1S/C19H14Cl2FN3O4/c1-10-17(11-2-3-16(22)15(21)4-11)18(28)25(13-5-12(20)6-23-7-13)19(29)24(10)8-14(27)9-26/h2-7,26H,8-9H2,1H3. The van der Waals surface area contributed by atoms with Gasteiger partial charge in [-0.25, -0.2) is 13.8 Å². The van der Waals surface area contributed by atoms with E-state index in [4.69, 9.17) is 28.3 Å². The van der Waals surface area contributed by atoms with E-state index in [0.717, 1.165) is 15.2 Å². The van der Waals surface area contributed by atoms with Crippen molar-refractivity contribution in [3.8, 4) is 16.8 Å². The van der Waals surface area contributed by atoms with E-state index < -0.39 is 36.0 Å². The SMILES string of the molecule is Cc1c(-c2ccc(F)c(Cl)c2)c(=O)n(-c2cncc(Cl)c2)c(=O)n1CC(=O)CO. The fraction of sp³-hybridized carbons (Fsp3) is 0.158. The number of halogens is 3. The van der Waals surface area contributed by atoms with Crippen LogP contribution in [-0.2, 0) is 11.3 Å². The minimum absolute atomic E-state index is 0.0391. The molecule has 0 fully saturated rings. The monoisotopic (exact) mass is 437 g/mol. The van der Waals surface area contributed by atoms with Crippen LogP contribution in [-0.4, -0.2) is 31.6 Å². The van der Waals surface area contributed by atoms with Crippen LogP contribution in [0, 0.1) is 12.7 Å². The summed E-state index contributed by atoms with van der Waals surface area (Å²) in [5, 5.41) is 9.07. The van der Waals surface area contributed by atoms with Crippen LogP contribution in [0.3, 0.4) is 0 Å². The summed E-state index contributed by atoms with van der Waals surface area (Å²) in [5.74, 6) is -1.30. The Hall–Kier alpha value is -2.81. The topological polar surface area (TPSA) is 94.2 Å². The molecule has 0 spiro atoms. The molecule has 2 heterocycles. The van der Waals surface area contributed by atoms with Crippen molar-refractivity contribution in [2.75, 3.05) is 6.61 Å². The van der Waals surface area contributed by atoms with Gasteiger partial charge in [-0.2, -0.15) is 0 Å². The van der Waals surface area contributed by atoms with Gasteiger partial charge in [0.2, 0.25) is 0 Å². The Kier molecular flexibility index (Phi) is 5.97. The maximum Gasteiger partial charge on any atom is 0.336 e. The molecule has 3 aromatic rings. The Labute approximate surface area is 173 Å². The number of nitrogens with zero attached hydrogens (tertiary/aromatic N) is 3. The average molecular weight is 438 g/mol. The first-order valence-corrected chi connectivity index (χ1v) is 9.05. The van der Waals surface area contributed by atoms with E-state index in [2.05, 4.69) is 4.98 Å². The molecule has 0 atom stereocenters. The van der Waals surface area contributed by atoms with Gasteiger partial charge in [0.05, 0.1) is 34.0 Å². The maximum absolute atomic E-state index is 13.6. The minimum atomic E-state index is -0.810. The van der Waals surface area contributed by atoms with Crippen molar-refractivity contribution in [1.82, 2.24) is 14.1 Å². The second-order valence-corrected chi connectivity index (χ2v) is 7.00. The van der Waals surface area contributed by atoms with Crippen LogP contribution in [0.1, 0.15) is 5.69 Å². The Morgan fingerprint density at radius 1 is 1.21 bits per heavy atom. The lowest BCUT2D eigenvalue weighted by atomic mass is 10.0. The van der Waals surface area contributed by atoms with E-state index in [1.165, 1.54) is 37.5 Å². The van der Waals surface area contributed by atoms with Gasteiger partial charge in [-0.1, -0.05) is 29.3 Å². The zero-order valence-corrected chi connectivity index (χ0v) is 16.5. The number of hydrogen-bond donors (Lipinski definition) is 1. The summed E-state index contributed by atoms with van der Waals surface area (Å²) in [5.41, 5.74) is -0.977. The third-order valence-electron chi connectivity index (χ3n) is 4.27. The lowest BCUT2D eigenvalue weighted by molar-refractivity contribution is -0.122. The number of aromatic nitrogens is 3. The van der Waals surface area contributed by atoms with Crippen LogP contribution in [0.4, 0.5) is 4.39 Å². The van der Waals surface area contributed by atoms with Gasteiger partial charge >= 0.3 is 5.69 Å². The Bertz CT molecular complexity index is 1240. The summed E-state index contributed by atoms with van der Waals surface area (Å²) >= 11 is 11.8. The number of carbonyl (C=O) groups is 1. The summed E-state index contributed by atoms with van der Waals surface area (Å²) in [7, 11) is 0. The zero-order valence-electron chi connectivity index (χ0n) is 15.0. The predicted octanol–water partition coefficient (Wildman–Crippen LogP) is 2.38. The second kappa shape index (κ2) is 8.28. The van der Waals surface area contributed by atoms with Gasteiger partial charge in [0, 0.05) is 11.9 Å². The van der Waals surface area contributed by atoms with E-state index in [-0.39, 0.29) is 32.6 Å². The van der Waals surface area contributed by atoms with Crippen molar-refractivity contribution in [3.05, 3.63) is 79.1 Å². The molecule has 29 heavy (non-hydrogen) atoms. The van der Waals surface area contributed by atoms with Crippen LogP contribution in [0.25, 0.3) is 16.8 Å². The first kappa shape index (κ1) is 20.9. The van der Waals surface area contributed by atoms with Gasteiger partial charge in [0.1, 0.15) is 12.4 Å². The molecule has 0 amide bonds. The van der Waals surface area contributed by atoms with Gasteiger partial charge in [0.15, 0.2) is 5.78 Å². The molecular formula is C19H14Cl2FN3O4. The largest absolute Gasteiger partial charge is 0.389 e. The first-order valence-electron chi connectivity index (χ1n) is 8.30. The number of benzene rings is 1. The van der Waals surface area contributed by atoms with Crippen LogP contribution in [0.2, 0.25) is 10.0 Å². The number of rotatable bonds is 5. The summed E-state index contributed by atoms with van der Waals surface area (Å²) in [4.78, 5) is 41.9. The average Bonchev–Trinajstić information content (AvgIpc) is 2.68. The quantitative estimate of drug-likeness (QED) is 0.660. The van der Waals surface area contributed by atoms with E-state index >= 15 is 0 Å². The Balaban J connectivity index is 2.41. The highest BCUT2D eigenvalue weighted by Gasteiger charge is 2.21. The van der Waals surface area contributed by atoms with Crippen LogP contribution >= 0.6 is 23.2 Å². The lowest BCUT2D eigenvalue weighted by Crippen LogP contribution is -2.42. The van der Waals surface area contributed by atoms with Crippen molar-refractivity contribution in [1.29, 1.82) is 0 Å². The number of aliphatic hydroxyl groups is 1. The number of carbonyl (C=O) groups excluding carboxylic acids is 1. The summed E-state index contributed by atoms with van der Waals surface area (Å²) < 4.78 is 15.5. The molecule has 0 unspecified atom stereocenters. The van der Waals surface area contributed by atoms with E-state index in [1.807, 2.05) is 0 Å². The van der Waals surface area contributed by atoms with Crippen molar-refractivity contribution >= 4 is 29.0 Å². The van der Waals surface area contributed by atoms with Crippen LogP contribution < -0.4 is 11.2 Å². The van der Waals surface area contributed by atoms with Crippen molar-refractivity contribution in [2.45, 2.75) is 13.5 Å². The van der Waals surface area contributed by atoms with Gasteiger partial charge in [-0.05, 0) is 30.7 Å². The van der Waals surface area contributed by atoms with E-state index in [0.29, 0.717) is 0 Å². The molecule has 0 bridgehead atoms. The number of pyridine rings is 1. The number of aliphatic hydroxyl groups excluding tert-OH is 1. The summed E-state index contributed by atoms with van der Waals surface area (Å²) in [6.07, 6.45) is 2.60. The molecule has 0 aliphatic heterocycles. The van der Waals surface area contributed by atoms with Gasteiger partial charge < -0.3 is 5.11 Å². The Morgan fingerprint density at radius 2 is 1.93 bits per heavy atom. The van der Waals surface area contributed by atoms with E-state index in [1.54, 1.807) is 0 Å². The highest BCUT2D eigenvalue weighted by Crippen LogP contribution is 2.25. The summed E-state index contributed by atoms with van der Waals surface area (Å²) in [6.45, 7) is 0.236. The normalized spacial score (nSPS) is 10.9. The molecule has 10 heteroatoms. The van der Waals surface area contributed by atoms with Crippen LogP contribution in [0.5, 0.6) is 0 Å². The van der Waals surface area contributed by atoms with Crippen LogP contribution in [0.15, 0.2) is 46.2 Å². The van der Waals surface area contributed by atoms with Gasteiger partial charge in [0.25, 0.3) is 5.56 Å². The Morgan fingerprint density at radius 3 is 2.55 bits per heavy atom. The minimum Gasteiger partial charge on any atom is -0.389 e. The highest BCUT2D eigenvalue weighted by atomic mass is 35.5. The molecule has 150 valence electrons. The maximum atomic E-state index is 13.6. The predicted molar refractivity (Wildman–Crippen MR) is 106 cm³/mol. The molecule has 7 nitrogen and oxygen atoms in total. The molecule has 0 radical (unpaired) electrons. The van der Waals surface area contributed by atoms with Crippen molar-refractivity contribution in [2.24, 2.45) is 0 Å². The second-order valence-electron chi connectivity index (χ2n) is 6.16. The lowest BCUT2D eigenvalue weighted by Gasteiger charge is -2.17. The van der Waals surface area contributed by atoms with Crippen molar-refractivity contribution in [3.63, 3.8) is 0 Å². The molecule has 0 saturated carbocycles. The molecule has 1 N–H and O–H groups in total. The van der Waals surface area contributed by atoms with Gasteiger partial charge in [-0.3, -0.25) is 19.1 Å².